The Kier molecular flexibility index (Phi) is 6.79. The molecule has 0 saturated heterocycles. The van der Waals surface area contributed by atoms with Gasteiger partial charge in [-0.3, -0.25) is 9.11 Å². The van der Waals surface area contributed by atoms with E-state index in [-0.39, 0.29) is 26.7 Å². The third-order valence-corrected chi connectivity index (χ3v) is 6.49. The van der Waals surface area contributed by atoms with Gasteiger partial charge in [0.1, 0.15) is 19.8 Å². The third-order valence-electron chi connectivity index (χ3n) is 4.69. The maximum absolute atomic E-state index is 11.7. The molecule has 0 spiro atoms. The van der Waals surface area contributed by atoms with Gasteiger partial charge in [0, 0.05) is 28.8 Å². The predicted molar refractivity (Wildman–Crippen MR) is 121 cm³/mol. The van der Waals surface area contributed by atoms with Crippen LogP contribution in [-0.4, -0.2) is 31.0 Å². The first-order valence-electron chi connectivity index (χ1n) is 9.47. The molecule has 9 nitrogen and oxygen atoms in total. The molecule has 0 aliphatic carbocycles. The summed E-state index contributed by atoms with van der Waals surface area (Å²) in [6.07, 6.45) is 11.8. The number of hydrogen-bond donors (Lipinski definition) is 3. The fourth-order valence-electron chi connectivity index (χ4n) is 3.05. The average molecular weight is 491 g/mol. The Morgan fingerprint density at radius 3 is 1.64 bits per heavy atom. The maximum Gasteiger partial charge on any atom is 0.301 e. The highest BCUT2D eigenvalue weighted by Crippen LogP contribution is 2.24. The zero-order valence-corrected chi connectivity index (χ0v) is 19.3. The van der Waals surface area contributed by atoms with Crippen molar-refractivity contribution >= 4 is 44.5 Å². The highest BCUT2D eigenvalue weighted by Gasteiger charge is 2.19. The van der Waals surface area contributed by atoms with E-state index in [4.69, 9.17) is 0 Å². The molecule has 2 aromatic heterocycles. The highest BCUT2D eigenvalue weighted by molar-refractivity contribution is 7.86. The molecule has 0 radical (unpaired) electrons. The number of rotatable bonds is 6. The largest absolute Gasteiger partial charge is 0.507 e. The first-order chi connectivity index (χ1) is 15.3. The van der Waals surface area contributed by atoms with E-state index < -0.39 is 20.2 Å². The summed E-state index contributed by atoms with van der Waals surface area (Å²) in [6, 6.07) is 7.68. The first kappa shape index (κ1) is 24.3. The molecule has 0 aliphatic rings. The summed E-state index contributed by atoms with van der Waals surface area (Å²) < 4.78 is 68.6. The Balaban J connectivity index is 1.97. The van der Waals surface area contributed by atoms with E-state index in [0.29, 0.717) is 11.1 Å². The summed E-state index contributed by atoms with van der Waals surface area (Å²) in [5, 5.41) is 10.2. The Labute approximate surface area is 191 Å². The lowest BCUT2D eigenvalue weighted by Gasteiger charge is -2.04. The molecule has 3 N–H and O–H groups in total. The Morgan fingerprint density at radius 2 is 1.15 bits per heavy atom. The maximum atomic E-state index is 11.7. The minimum absolute atomic E-state index is 0.0661. The van der Waals surface area contributed by atoms with Gasteiger partial charge in [0.2, 0.25) is 0 Å². The zero-order valence-electron chi connectivity index (χ0n) is 17.7. The summed E-state index contributed by atoms with van der Waals surface area (Å²) in [5.74, 6) is -0.0661. The number of phenols is 1. The summed E-state index contributed by atoms with van der Waals surface area (Å²) in [7, 11) is -5.64. The standard InChI is InChI=1S/C22H20N2O7S2/c1-23-11-9-17(21(14-23)32(26,27)28)5-3-16-4-8-20(25)19(13-16)7-6-18-10-12-24(2)15-22(18)33(29,30)31/h3-15H,1-2H3,(H-,26,27,28,29,30,31)/p+2. The van der Waals surface area contributed by atoms with Crippen LogP contribution in [0.1, 0.15) is 22.3 Å². The van der Waals surface area contributed by atoms with Crippen LogP contribution in [0.5, 0.6) is 5.75 Å². The van der Waals surface area contributed by atoms with Crippen LogP contribution in [0.25, 0.3) is 24.3 Å². The van der Waals surface area contributed by atoms with Gasteiger partial charge in [0.05, 0.1) is 0 Å². The van der Waals surface area contributed by atoms with Crippen LogP contribution >= 0.6 is 0 Å². The number of hydrogen-bond acceptors (Lipinski definition) is 5. The summed E-state index contributed by atoms with van der Waals surface area (Å²) in [6.45, 7) is 0. The van der Waals surface area contributed by atoms with Gasteiger partial charge in [-0.1, -0.05) is 30.4 Å². The molecule has 33 heavy (non-hydrogen) atoms. The molecule has 0 atom stereocenters. The van der Waals surface area contributed by atoms with Crippen LogP contribution in [0.3, 0.4) is 0 Å². The van der Waals surface area contributed by atoms with E-state index in [1.54, 1.807) is 44.7 Å². The number of benzene rings is 1. The molecule has 172 valence electrons. The van der Waals surface area contributed by atoms with Crippen molar-refractivity contribution in [3.63, 3.8) is 0 Å². The highest BCUT2D eigenvalue weighted by atomic mass is 32.2. The molecule has 0 amide bonds. The van der Waals surface area contributed by atoms with Crippen molar-refractivity contribution < 1.29 is 40.2 Å². The van der Waals surface area contributed by atoms with Gasteiger partial charge >= 0.3 is 20.2 Å². The number of aromatic hydroxyl groups is 1. The molecule has 0 saturated carbocycles. The van der Waals surface area contributed by atoms with Gasteiger partial charge in [0.25, 0.3) is 0 Å². The summed E-state index contributed by atoms with van der Waals surface area (Å²) in [5.41, 5.74) is 1.47. The lowest BCUT2D eigenvalue weighted by atomic mass is 10.1. The normalized spacial score (nSPS) is 12.6. The van der Waals surface area contributed by atoms with Crippen molar-refractivity contribution in [3.05, 3.63) is 77.4 Å². The second-order valence-corrected chi connectivity index (χ2v) is 10.1. The predicted octanol–water partition coefficient (Wildman–Crippen LogP) is 1.88. The molecule has 2 heterocycles. The van der Waals surface area contributed by atoms with E-state index in [9.17, 15) is 31.0 Å². The molecule has 1 aromatic carbocycles. The fourth-order valence-corrected chi connectivity index (χ4v) is 4.51. The van der Waals surface area contributed by atoms with Crippen molar-refractivity contribution in [1.82, 2.24) is 0 Å². The Bertz CT molecular complexity index is 1490. The molecule has 11 heteroatoms. The summed E-state index contributed by atoms with van der Waals surface area (Å²) >= 11 is 0. The van der Waals surface area contributed by atoms with Crippen molar-refractivity contribution in [2.24, 2.45) is 14.1 Å². The number of phenolic OH excluding ortho intramolecular Hbond substituents is 1. The fraction of sp³-hybridized carbons (Fsp3) is 0.0909. The lowest BCUT2D eigenvalue weighted by Crippen LogP contribution is -2.28. The Morgan fingerprint density at radius 1 is 0.697 bits per heavy atom. The summed E-state index contributed by atoms with van der Waals surface area (Å²) in [4.78, 5) is -0.535. The van der Waals surface area contributed by atoms with Gasteiger partial charge in [-0.15, -0.1) is 0 Å². The van der Waals surface area contributed by atoms with Gasteiger partial charge in [0.15, 0.2) is 34.6 Å². The molecular weight excluding hydrogens is 468 g/mol. The van der Waals surface area contributed by atoms with Gasteiger partial charge in [-0.25, -0.2) is 9.13 Å². The molecule has 0 unspecified atom stereocenters. The van der Waals surface area contributed by atoms with Crippen molar-refractivity contribution in [2.75, 3.05) is 0 Å². The van der Waals surface area contributed by atoms with Crippen LogP contribution in [0.2, 0.25) is 0 Å². The van der Waals surface area contributed by atoms with Gasteiger partial charge in [-0.2, -0.15) is 16.8 Å². The average Bonchev–Trinajstić information content (AvgIpc) is 2.72. The monoisotopic (exact) mass is 490 g/mol. The van der Waals surface area contributed by atoms with Crippen LogP contribution in [0.15, 0.2) is 64.9 Å². The number of nitrogens with zero attached hydrogens (tertiary/aromatic N) is 2. The second kappa shape index (κ2) is 9.24. The molecule has 0 bridgehead atoms. The van der Waals surface area contributed by atoms with Crippen LogP contribution in [0, 0.1) is 0 Å². The third kappa shape index (κ3) is 6.11. The van der Waals surface area contributed by atoms with E-state index in [2.05, 4.69) is 0 Å². The van der Waals surface area contributed by atoms with Crippen molar-refractivity contribution in [1.29, 1.82) is 0 Å². The second-order valence-electron chi connectivity index (χ2n) is 7.29. The van der Waals surface area contributed by atoms with E-state index in [1.807, 2.05) is 0 Å². The van der Waals surface area contributed by atoms with Crippen LogP contribution in [-0.2, 0) is 34.3 Å². The van der Waals surface area contributed by atoms with Gasteiger partial charge in [-0.05, 0) is 17.7 Å². The molecule has 3 aromatic rings. The first-order valence-corrected chi connectivity index (χ1v) is 12.4. The zero-order chi connectivity index (χ0) is 24.4. The van der Waals surface area contributed by atoms with Crippen molar-refractivity contribution in [2.45, 2.75) is 9.79 Å². The minimum Gasteiger partial charge on any atom is -0.507 e. The number of pyridine rings is 2. The topological polar surface area (TPSA) is 137 Å². The number of aryl methyl sites for hydroxylation is 2. The Hall–Kier alpha value is -3.38. The molecular formula is C22H22N2O7S2+2. The minimum atomic E-state index is -4.45. The van der Waals surface area contributed by atoms with E-state index in [1.165, 1.54) is 58.0 Å². The van der Waals surface area contributed by atoms with E-state index in [0.717, 1.165) is 0 Å². The molecule has 0 aliphatic heterocycles. The number of aromatic nitrogens is 2. The van der Waals surface area contributed by atoms with Crippen molar-refractivity contribution in [3.8, 4) is 5.75 Å². The van der Waals surface area contributed by atoms with E-state index >= 15 is 0 Å². The smallest absolute Gasteiger partial charge is 0.301 e. The lowest BCUT2D eigenvalue weighted by molar-refractivity contribution is -0.673. The van der Waals surface area contributed by atoms with Crippen LogP contribution < -0.4 is 9.13 Å². The molecule has 3 rings (SSSR count). The SMILES string of the molecule is C[n+]1ccc(C=Cc2ccc(O)c(C=Cc3cc[n+](C)cc3S(=O)(=O)O)c2)c(S(=O)(=O)O)c1. The van der Waals surface area contributed by atoms with Crippen LogP contribution in [0.4, 0.5) is 0 Å². The molecule has 0 fully saturated rings. The quantitative estimate of drug-likeness (QED) is 0.354. The van der Waals surface area contributed by atoms with Gasteiger partial charge < -0.3 is 5.11 Å².